The number of unbranched alkanes of at least 4 members (excludes halogenated alkanes) is 15. The Kier molecular flexibility index (Phi) is 27.2. The third kappa shape index (κ3) is 25.0. The summed E-state index contributed by atoms with van der Waals surface area (Å²) < 4.78 is 19.3. The molecule has 0 aliphatic heterocycles. The van der Waals surface area contributed by atoms with Crippen LogP contribution in [-0.4, -0.2) is 33.4 Å². The van der Waals surface area contributed by atoms with Crippen molar-refractivity contribution in [3.05, 3.63) is 58.7 Å². The molecule has 1 aliphatic rings. The van der Waals surface area contributed by atoms with Gasteiger partial charge in [-0.25, -0.2) is 0 Å². The standard InChI is InChI=1S/C44H79BrO3Si/c1-9-10-11-12-13-14-15-16-17-18-19-20-23-31-43(48-49(7,8)47-37-25-22-21-24-36-45)46-38-34-40(3)29-26-28-39(2)32-33-42-41(4)30-27-35-44(42,5)6/h26,28-29,32-34,43H,9-25,27,30-31,35-38H2,1-8H3/b29-26+,33-32+,39-28+,40-34+. The lowest BCUT2D eigenvalue weighted by Gasteiger charge is -2.32. The van der Waals surface area contributed by atoms with E-state index in [0.717, 1.165) is 31.2 Å². The predicted octanol–water partition coefficient (Wildman–Crippen LogP) is 15.0. The van der Waals surface area contributed by atoms with Gasteiger partial charge in [-0.3, -0.25) is 0 Å². The van der Waals surface area contributed by atoms with Crippen LogP contribution < -0.4 is 0 Å². The summed E-state index contributed by atoms with van der Waals surface area (Å²) >= 11 is 3.53. The van der Waals surface area contributed by atoms with Crippen molar-refractivity contribution >= 4 is 24.5 Å². The molecule has 0 N–H and O–H groups in total. The zero-order valence-electron chi connectivity index (χ0n) is 33.6. The lowest BCUT2D eigenvalue weighted by atomic mass is 9.72. The summed E-state index contributed by atoms with van der Waals surface area (Å²) in [5.41, 5.74) is 5.81. The van der Waals surface area contributed by atoms with E-state index < -0.39 is 8.56 Å². The summed E-state index contributed by atoms with van der Waals surface area (Å²) in [6.07, 6.45) is 40.4. The normalized spacial score (nSPS) is 16.8. The molecule has 0 fully saturated rings. The van der Waals surface area contributed by atoms with E-state index in [1.165, 1.54) is 132 Å². The second-order valence-electron chi connectivity index (χ2n) is 15.7. The molecule has 0 radical (unpaired) electrons. The fourth-order valence-corrected chi connectivity index (χ4v) is 8.63. The van der Waals surface area contributed by atoms with Crippen molar-refractivity contribution in [1.29, 1.82) is 0 Å². The number of halogens is 1. The number of allylic oxidation sites excluding steroid dienone is 9. The maximum atomic E-state index is 6.59. The first-order valence-corrected chi connectivity index (χ1v) is 24.3. The molecule has 0 heterocycles. The van der Waals surface area contributed by atoms with Crippen molar-refractivity contribution in [3.8, 4) is 0 Å². The molecule has 0 aromatic heterocycles. The van der Waals surface area contributed by atoms with E-state index in [2.05, 4.69) is 107 Å². The molecule has 1 rings (SSSR count). The molecule has 0 spiro atoms. The van der Waals surface area contributed by atoms with E-state index in [9.17, 15) is 0 Å². The first-order valence-electron chi connectivity index (χ1n) is 20.4. The highest BCUT2D eigenvalue weighted by atomic mass is 79.9. The Morgan fingerprint density at radius 1 is 0.816 bits per heavy atom. The maximum Gasteiger partial charge on any atom is 0.333 e. The summed E-state index contributed by atoms with van der Waals surface area (Å²) in [5.74, 6) is 0. The number of hydrogen-bond acceptors (Lipinski definition) is 3. The molecule has 49 heavy (non-hydrogen) atoms. The van der Waals surface area contributed by atoms with Crippen LogP contribution in [0.1, 0.15) is 176 Å². The van der Waals surface area contributed by atoms with Crippen LogP contribution in [0.15, 0.2) is 58.7 Å². The molecular formula is C44H79BrO3Si. The van der Waals surface area contributed by atoms with Gasteiger partial charge in [-0.2, -0.15) is 0 Å². The SMILES string of the molecule is CCCCCCCCCCCCCCCC(OC/C=C(C)/C=C/C=C(C)/C=C/C1=C(C)CCCC1(C)C)O[Si](C)(C)OCCCCCCBr. The molecule has 0 aromatic carbocycles. The van der Waals surface area contributed by atoms with Crippen molar-refractivity contribution in [2.45, 2.75) is 196 Å². The van der Waals surface area contributed by atoms with Crippen LogP contribution in [0.25, 0.3) is 0 Å². The number of rotatable bonds is 30. The molecule has 284 valence electrons. The summed E-state index contributed by atoms with van der Waals surface area (Å²) in [6, 6.07) is 0. The Hall–Kier alpha value is -0.723. The van der Waals surface area contributed by atoms with Gasteiger partial charge in [-0.15, -0.1) is 0 Å². The maximum absolute atomic E-state index is 6.59. The van der Waals surface area contributed by atoms with Gasteiger partial charge in [0.1, 0.15) is 6.29 Å². The Labute approximate surface area is 315 Å². The van der Waals surface area contributed by atoms with Gasteiger partial charge in [0.15, 0.2) is 0 Å². The largest absolute Gasteiger partial charge is 0.394 e. The molecule has 0 amide bonds. The van der Waals surface area contributed by atoms with Crippen molar-refractivity contribution in [1.82, 2.24) is 0 Å². The monoisotopic (exact) mass is 762 g/mol. The highest BCUT2D eigenvalue weighted by molar-refractivity contribution is 9.09. The van der Waals surface area contributed by atoms with E-state index in [0.29, 0.717) is 6.61 Å². The zero-order valence-corrected chi connectivity index (χ0v) is 36.2. The van der Waals surface area contributed by atoms with E-state index in [1.807, 2.05) is 0 Å². The lowest BCUT2D eigenvalue weighted by molar-refractivity contribution is -0.0939. The van der Waals surface area contributed by atoms with Crippen LogP contribution in [0.4, 0.5) is 0 Å². The van der Waals surface area contributed by atoms with Gasteiger partial charge in [0, 0.05) is 11.9 Å². The topological polar surface area (TPSA) is 27.7 Å². The van der Waals surface area contributed by atoms with Crippen LogP contribution in [0.2, 0.25) is 13.1 Å². The Morgan fingerprint density at radius 3 is 2.02 bits per heavy atom. The molecule has 5 heteroatoms. The summed E-state index contributed by atoms with van der Waals surface area (Å²) in [4.78, 5) is 0. The molecule has 0 saturated carbocycles. The van der Waals surface area contributed by atoms with Gasteiger partial charge >= 0.3 is 8.56 Å². The van der Waals surface area contributed by atoms with Gasteiger partial charge < -0.3 is 13.6 Å². The lowest BCUT2D eigenvalue weighted by Crippen LogP contribution is -2.40. The summed E-state index contributed by atoms with van der Waals surface area (Å²) in [6.45, 7) is 19.4. The average molecular weight is 764 g/mol. The first-order chi connectivity index (χ1) is 23.5. The van der Waals surface area contributed by atoms with Crippen molar-refractivity contribution in [3.63, 3.8) is 0 Å². The van der Waals surface area contributed by atoms with Gasteiger partial charge in [0.05, 0.1) is 6.61 Å². The van der Waals surface area contributed by atoms with Gasteiger partial charge in [0.25, 0.3) is 0 Å². The Morgan fingerprint density at radius 2 is 1.41 bits per heavy atom. The second-order valence-corrected chi connectivity index (χ2v) is 19.9. The smallest absolute Gasteiger partial charge is 0.333 e. The van der Waals surface area contributed by atoms with E-state index >= 15 is 0 Å². The molecule has 1 unspecified atom stereocenters. The molecular weight excluding hydrogens is 684 g/mol. The minimum absolute atomic E-state index is 0.204. The van der Waals surface area contributed by atoms with Crippen LogP contribution >= 0.6 is 15.9 Å². The number of hydrogen-bond donors (Lipinski definition) is 0. The molecule has 0 bridgehead atoms. The van der Waals surface area contributed by atoms with Crippen LogP contribution in [0, 0.1) is 5.41 Å². The van der Waals surface area contributed by atoms with Gasteiger partial charge in [-0.05, 0) is 89.8 Å². The van der Waals surface area contributed by atoms with E-state index in [1.54, 1.807) is 5.57 Å². The fourth-order valence-electron chi connectivity index (χ4n) is 6.71. The molecule has 3 nitrogen and oxygen atoms in total. The third-order valence-electron chi connectivity index (χ3n) is 9.90. The third-order valence-corrected chi connectivity index (χ3v) is 12.2. The van der Waals surface area contributed by atoms with E-state index in [-0.39, 0.29) is 11.7 Å². The van der Waals surface area contributed by atoms with Crippen LogP contribution in [0.3, 0.4) is 0 Å². The fraction of sp³-hybridized carbons (Fsp3) is 0.773. The van der Waals surface area contributed by atoms with E-state index in [4.69, 9.17) is 13.6 Å². The zero-order chi connectivity index (χ0) is 36.2. The minimum Gasteiger partial charge on any atom is -0.394 e. The highest BCUT2D eigenvalue weighted by Crippen LogP contribution is 2.40. The number of ether oxygens (including phenoxy) is 1. The van der Waals surface area contributed by atoms with Gasteiger partial charge in [-0.1, -0.05) is 180 Å². The average Bonchev–Trinajstić information content (AvgIpc) is 3.04. The minimum atomic E-state index is -2.27. The summed E-state index contributed by atoms with van der Waals surface area (Å²) in [5, 5.41) is 1.09. The molecule has 0 aromatic rings. The predicted molar refractivity (Wildman–Crippen MR) is 223 cm³/mol. The van der Waals surface area contributed by atoms with Crippen molar-refractivity contribution in [2.75, 3.05) is 18.5 Å². The quantitative estimate of drug-likeness (QED) is 0.0240. The highest BCUT2D eigenvalue weighted by Gasteiger charge is 2.29. The Bertz CT molecular complexity index is 990. The first kappa shape index (κ1) is 46.3. The summed E-state index contributed by atoms with van der Waals surface area (Å²) in [7, 11) is -2.27. The van der Waals surface area contributed by atoms with Gasteiger partial charge in [0.2, 0.25) is 0 Å². The van der Waals surface area contributed by atoms with Crippen molar-refractivity contribution < 1.29 is 13.6 Å². The number of alkyl halides is 1. The Balaban J connectivity index is 2.56. The van der Waals surface area contributed by atoms with Crippen molar-refractivity contribution in [2.24, 2.45) is 5.41 Å². The molecule has 0 saturated heterocycles. The molecule has 1 atom stereocenters. The van der Waals surface area contributed by atoms with Crippen LogP contribution in [0.5, 0.6) is 0 Å². The second kappa shape index (κ2) is 28.8. The van der Waals surface area contributed by atoms with Crippen LogP contribution in [-0.2, 0) is 13.6 Å². The molecule has 1 aliphatic carbocycles.